The molecule has 18 heavy (non-hydrogen) atoms. The number of carbonyl (C=O) groups excluding carboxylic acids is 1. The Hall–Kier alpha value is -2.08. The molecule has 0 aliphatic rings. The van der Waals surface area contributed by atoms with Crippen LogP contribution in [0.25, 0.3) is 0 Å². The highest BCUT2D eigenvalue weighted by Crippen LogP contribution is 2.06. The smallest absolute Gasteiger partial charge is 0.323 e. The summed E-state index contributed by atoms with van der Waals surface area (Å²) in [7, 11) is 1.49. The molecule has 0 unspecified atom stereocenters. The third-order valence-electron chi connectivity index (χ3n) is 2.20. The molecular formula is C12H16N2O4. The number of carboxylic acid groups (broad SMARTS) is 1. The van der Waals surface area contributed by atoms with Gasteiger partial charge in [0.2, 0.25) is 0 Å². The van der Waals surface area contributed by atoms with Crippen LogP contribution in [0.4, 0.5) is 10.5 Å². The fraction of sp³-hybridized carbons (Fsp3) is 0.333. The van der Waals surface area contributed by atoms with Crippen molar-refractivity contribution in [3.63, 3.8) is 0 Å². The summed E-state index contributed by atoms with van der Waals surface area (Å²) < 4.78 is 4.84. The van der Waals surface area contributed by atoms with Gasteiger partial charge in [-0.1, -0.05) is 18.2 Å². The number of anilines is 1. The first-order valence-electron chi connectivity index (χ1n) is 5.45. The van der Waals surface area contributed by atoms with E-state index in [9.17, 15) is 9.59 Å². The van der Waals surface area contributed by atoms with Gasteiger partial charge in [-0.25, -0.2) is 4.79 Å². The quantitative estimate of drug-likeness (QED) is 0.798. The molecule has 98 valence electrons. The Labute approximate surface area is 105 Å². The molecule has 1 aromatic carbocycles. The number of hydrogen-bond donors (Lipinski definition) is 2. The zero-order valence-corrected chi connectivity index (χ0v) is 10.1. The van der Waals surface area contributed by atoms with Crippen LogP contribution in [0.15, 0.2) is 30.3 Å². The maximum absolute atomic E-state index is 11.8. The number of aliphatic carboxylic acids is 1. The maximum atomic E-state index is 11.8. The van der Waals surface area contributed by atoms with Crippen LogP contribution in [0.5, 0.6) is 0 Å². The molecule has 1 aromatic rings. The van der Waals surface area contributed by atoms with Gasteiger partial charge in [-0.2, -0.15) is 0 Å². The second-order valence-electron chi connectivity index (χ2n) is 3.60. The lowest BCUT2D eigenvalue weighted by atomic mass is 10.3. The van der Waals surface area contributed by atoms with Crippen LogP contribution in [0.1, 0.15) is 0 Å². The van der Waals surface area contributed by atoms with Crippen LogP contribution >= 0.6 is 0 Å². The van der Waals surface area contributed by atoms with E-state index < -0.39 is 12.0 Å². The highest BCUT2D eigenvalue weighted by atomic mass is 16.5. The summed E-state index contributed by atoms with van der Waals surface area (Å²) in [4.78, 5) is 23.7. The highest BCUT2D eigenvalue weighted by Gasteiger charge is 2.16. The molecule has 0 saturated carbocycles. The standard InChI is InChI=1S/C12H16N2O4/c1-18-8-7-14(9-11(15)16)12(17)13-10-5-3-2-4-6-10/h2-6H,7-9H2,1H3,(H,13,17)(H,15,16). The van der Waals surface area contributed by atoms with Crippen molar-refractivity contribution in [2.24, 2.45) is 0 Å². The Morgan fingerprint density at radius 1 is 1.33 bits per heavy atom. The summed E-state index contributed by atoms with van der Waals surface area (Å²) in [5, 5.41) is 11.4. The van der Waals surface area contributed by atoms with E-state index in [1.165, 1.54) is 12.0 Å². The van der Waals surface area contributed by atoms with Crippen molar-refractivity contribution >= 4 is 17.7 Å². The molecule has 0 heterocycles. The Morgan fingerprint density at radius 3 is 2.56 bits per heavy atom. The summed E-state index contributed by atoms with van der Waals surface area (Å²) in [6.45, 7) is 0.152. The summed E-state index contributed by atoms with van der Waals surface area (Å²) in [6.07, 6.45) is 0. The van der Waals surface area contributed by atoms with Gasteiger partial charge in [-0.3, -0.25) is 4.79 Å². The van der Waals surface area contributed by atoms with Gasteiger partial charge in [-0.15, -0.1) is 0 Å². The second kappa shape index (κ2) is 7.29. The van der Waals surface area contributed by atoms with E-state index >= 15 is 0 Å². The van der Waals surface area contributed by atoms with Gasteiger partial charge in [0.25, 0.3) is 0 Å². The van der Waals surface area contributed by atoms with Crippen LogP contribution in [0, 0.1) is 0 Å². The normalized spacial score (nSPS) is 9.83. The van der Waals surface area contributed by atoms with Gasteiger partial charge in [0.1, 0.15) is 6.54 Å². The second-order valence-corrected chi connectivity index (χ2v) is 3.60. The fourth-order valence-electron chi connectivity index (χ4n) is 1.34. The SMILES string of the molecule is COCCN(CC(=O)O)C(=O)Nc1ccccc1. The van der Waals surface area contributed by atoms with E-state index in [0.29, 0.717) is 5.69 Å². The van der Waals surface area contributed by atoms with Crippen molar-refractivity contribution in [2.45, 2.75) is 0 Å². The molecule has 0 aliphatic carbocycles. The van der Waals surface area contributed by atoms with Crippen LogP contribution in [0.2, 0.25) is 0 Å². The third kappa shape index (κ3) is 4.84. The van der Waals surface area contributed by atoms with Crippen molar-refractivity contribution in [1.82, 2.24) is 4.90 Å². The summed E-state index contributed by atoms with van der Waals surface area (Å²) in [6, 6.07) is 8.40. The molecule has 6 heteroatoms. The zero-order chi connectivity index (χ0) is 13.4. The summed E-state index contributed by atoms with van der Waals surface area (Å²) >= 11 is 0. The van der Waals surface area contributed by atoms with Crippen LogP contribution in [0.3, 0.4) is 0 Å². The molecule has 6 nitrogen and oxygen atoms in total. The topological polar surface area (TPSA) is 78.9 Å². The number of ether oxygens (including phenoxy) is 1. The number of benzene rings is 1. The van der Waals surface area contributed by atoms with Gasteiger partial charge >= 0.3 is 12.0 Å². The minimum Gasteiger partial charge on any atom is -0.480 e. The Bertz CT molecular complexity index is 394. The van der Waals surface area contributed by atoms with Crippen molar-refractivity contribution in [3.8, 4) is 0 Å². The fourth-order valence-corrected chi connectivity index (χ4v) is 1.34. The number of para-hydroxylation sites is 1. The number of rotatable bonds is 6. The third-order valence-corrected chi connectivity index (χ3v) is 2.20. The highest BCUT2D eigenvalue weighted by molar-refractivity contribution is 5.91. The van der Waals surface area contributed by atoms with E-state index in [0.717, 1.165) is 0 Å². The number of hydrogen-bond acceptors (Lipinski definition) is 3. The minimum absolute atomic E-state index is 0.224. The first kappa shape index (κ1) is 14.0. The molecular weight excluding hydrogens is 236 g/mol. The van der Waals surface area contributed by atoms with Crippen LogP contribution < -0.4 is 5.32 Å². The zero-order valence-electron chi connectivity index (χ0n) is 10.1. The van der Waals surface area contributed by atoms with Crippen LogP contribution in [-0.4, -0.2) is 48.8 Å². The van der Waals surface area contributed by atoms with Gasteiger partial charge in [0.05, 0.1) is 6.61 Å². The van der Waals surface area contributed by atoms with E-state index in [4.69, 9.17) is 9.84 Å². The van der Waals surface area contributed by atoms with Crippen molar-refractivity contribution in [1.29, 1.82) is 0 Å². The lowest BCUT2D eigenvalue weighted by molar-refractivity contribution is -0.137. The molecule has 2 N–H and O–H groups in total. The monoisotopic (exact) mass is 252 g/mol. The number of nitrogens with one attached hydrogen (secondary N) is 1. The number of nitrogens with zero attached hydrogens (tertiary/aromatic N) is 1. The molecule has 0 bridgehead atoms. The molecule has 2 amide bonds. The van der Waals surface area contributed by atoms with Gasteiger partial charge in [-0.05, 0) is 12.1 Å². The van der Waals surface area contributed by atoms with Crippen molar-refractivity contribution in [2.75, 3.05) is 32.1 Å². The molecule has 0 spiro atoms. The van der Waals surface area contributed by atoms with Gasteiger partial charge < -0.3 is 20.1 Å². The van der Waals surface area contributed by atoms with E-state index in [1.54, 1.807) is 24.3 Å². The molecule has 1 rings (SSSR count). The van der Waals surface area contributed by atoms with Crippen molar-refractivity contribution < 1.29 is 19.4 Å². The minimum atomic E-state index is -1.06. The first-order valence-corrected chi connectivity index (χ1v) is 5.45. The average Bonchev–Trinajstić information content (AvgIpc) is 2.35. The van der Waals surface area contributed by atoms with E-state index in [2.05, 4.69) is 5.32 Å². The molecule has 0 fully saturated rings. The predicted octanol–water partition coefficient (Wildman–Crippen LogP) is 1.25. The van der Waals surface area contributed by atoms with Crippen LogP contribution in [-0.2, 0) is 9.53 Å². The average molecular weight is 252 g/mol. The van der Waals surface area contributed by atoms with Gasteiger partial charge in [0.15, 0.2) is 0 Å². The largest absolute Gasteiger partial charge is 0.480 e. The van der Waals surface area contributed by atoms with E-state index in [1.807, 2.05) is 6.07 Å². The Balaban J connectivity index is 2.60. The number of carbonyl (C=O) groups is 2. The summed E-state index contributed by atoms with van der Waals surface area (Å²) in [5.74, 6) is -1.06. The van der Waals surface area contributed by atoms with Crippen molar-refractivity contribution in [3.05, 3.63) is 30.3 Å². The molecule has 0 radical (unpaired) electrons. The lowest BCUT2D eigenvalue weighted by Gasteiger charge is -2.20. The predicted molar refractivity (Wildman–Crippen MR) is 66.5 cm³/mol. The maximum Gasteiger partial charge on any atom is 0.323 e. The molecule has 0 aliphatic heterocycles. The Morgan fingerprint density at radius 2 is 2.00 bits per heavy atom. The van der Waals surface area contributed by atoms with E-state index in [-0.39, 0.29) is 19.7 Å². The number of amides is 2. The molecule has 0 atom stereocenters. The molecule has 0 aromatic heterocycles. The van der Waals surface area contributed by atoms with Gasteiger partial charge in [0, 0.05) is 19.3 Å². The summed E-state index contributed by atoms with van der Waals surface area (Å²) in [5.41, 5.74) is 0.621. The first-order chi connectivity index (χ1) is 8.63. The Kier molecular flexibility index (Phi) is 5.66. The number of carboxylic acids is 1. The number of urea groups is 1. The number of methoxy groups -OCH3 is 1. The molecule has 0 saturated heterocycles. The lowest BCUT2D eigenvalue weighted by Crippen LogP contribution is -2.40.